The molecule has 1 heterocycles. The molecule has 1 aliphatic rings. The molecule has 1 fully saturated rings. The minimum Gasteiger partial charge on any atom is -0.443 e. The first-order valence-electron chi connectivity index (χ1n) is 15.4. The molecule has 0 aliphatic carbocycles. The Bertz CT molecular complexity index is 1630. The van der Waals surface area contributed by atoms with E-state index >= 15 is 0 Å². The summed E-state index contributed by atoms with van der Waals surface area (Å²) in [6.45, 7) is 0.787. The number of aryl methyl sites for hydroxylation is 1. The number of amidine groups is 1. The molecular formula is C37H39N5O4. The second-order valence-electron chi connectivity index (χ2n) is 11.4. The third-order valence-corrected chi connectivity index (χ3v) is 8.20. The maximum absolute atomic E-state index is 13.6. The maximum atomic E-state index is 13.6. The minimum absolute atomic E-state index is 0.0307. The first kappa shape index (κ1) is 32.1. The van der Waals surface area contributed by atoms with E-state index in [-0.39, 0.29) is 36.7 Å². The number of hydrogen-bond acceptors (Lipinski definition) is 5. The lowest BCUT2D eigenvalue weighted by Gasteiger charge is -2.27. The van der Waals surface area contributed by atoms with Crippen molar-refractivity contribution >= 4 is 23.7 Å². The van der Waals surface area contributed by atoms with Gasteiger partial charge in [0, 0.05) is 24.6 Å². The van der Waals surface area contributed by atoms with Crippen LogP contribution in [0.15, 0.2) is 120 Å². The lowest BCUT2D eigenvalue weighted by atomic mass is 9.96. The third-order valence-electron chi connectivity index (χ3n) is 8.20. The van der Waals surface area contributed by atoms with Crippen molar-refractivity contribution in [3.63, 3.8) is 0 Å². The molecule has 46 heavy (non-hydrogen) atoms. The fourth-order valence-electron chi connectivity index (χ4n) is 5.61. The summed E-state index contributed by atoms with van der Waals surface area (Å²) >= 11 is 0. The molecular weight excluding hydrogens is 578 g/mol. The smallest absolute Gasteiger partial charge is 0.435 e. The summed E-state index contributed by atoms with van der Waals surface area (Å²) < 4.78 is 5.18. The molecule has 5 N–H and O–H groups in total. The SMILES string of the molecule is NC(=NC(=O)OCc1ccccc1)c1ccc(CNC(=O)[C@@H]2C[C@H](c3ccccc3)CN2C(=O)[C@H](N)CCc2ccccc2)cc1. The Hall–Kier alpha value is -5.28. The Labute approximate surface area is 269 Å². The molecule has 236 valence electrons. The van der Waals surface area contributed by atoms with Crippen molar-refractivity contribution in [2.24, 2.45) is 16.5 Å². The zero-order valence-electron chi connectivity index (χ0n) is 25.6. The minimum atomic E-state index is -0.776. The number of rotatable bonds is 11. The standard InChI is InChI=1S/C37H39N5O4/c38-32(21-18-26-10-4-1-5-11-26)36(44)42-24-31(29-14-8-3-9-15-29)22-33(42)35(43)40-23-27-16-19-30(20-17-27)34(39)41-37(45)46-25-28-12-6-2-7-13-28/h1-17,19-20,31-33H,18,21-25,38H2,(H,40,43)(H2,39,41,45)/t31-,32+,33-/m0/s1. The van der Waals surface area contributed by atoms with Gasteiger partial charge < -0.3 is 26.4 Å². The van der Waals surface area contributed by atoms with Gasteiger partial charge in [-0.15, -0.1) is 0 Å². The number of nitrogens with two attached hydrogens (primary N) is 2. The quantitative estimate of drug-likeness (QED) is 0.165. The predicted octanol–water partition coefficient (Wildman–Crippen LogP) is 4.69. The van der Waals surface area contributed by atoms with Gasteiger partial charge in [0.1, 0.15) is 18.5 Å². The molecule has 0 saturated carbocycles. The van der Waals surface area contributed by atoms with E-state index in [9.17, 15) is 14.4 Å². The number of carbonyl (C=O) groups excluding carboxylic acids is 3. The molecule has 1 saturated heterocycles. The maximum Gasteiger partial charge on any atom is 0.435 e. The van der Waals surface area contributed by atoms with Gasteiger partial charge in [0.2, 0.25) is 11.8 Å². The first-order chi connectivity index (χ1) is 22.4. The van der Waals surface area contributed by atoms with E-state index in [1.54, 1.807) is 29.2 Å². The summed E-state index contributed by atoms with van der Waals surface area (Å²) in [4.78, 5) is 44.7. The van der Waals surface area contributed by atoms with Crippen LogP contribution in [0.3, 0.4) is 0 Å². The molecule has 9 nitrogen and oxygen atoms in total. The van der Waals surface area contributed by atoms with Crippen molar-refractivity contribution < 1.29 is 19.1 Å². The van der Waals surface area contributed by atoms with Gasteiger partial charge in [-0.2, -0.15) is 4.99 Å². The van der Waals surface area contributed by atoms with E-state index < -0.39 is 18.2 Å². The van der Waals surface area contributed by atoms with Crippen LogP contribution in [0, 0.1) is 0 Å². The van der Waals surface area contributed by atoms with Gasteiger partial charge >= 0.3 is 6.09 Å². The van der Waals surface area contributed by atoms with Crippen LogP contribution < -0.4 is 16.8 Å². The van der Waals surface area contributed by atoms with E-state index in [0.717, 1.165) is 22.3 Å². The average molecular weight is 618 g/mol. The van der Waals surface area contributed by atoms with Gasteiger partial charge in [0.15, 0.2) is 0 Å². The van der Waals surface area contributed by atoms with Crippen molar-refractivity contribution in [2.45, 2.75) is 50.4 Å². The summed E-state index contributed by atoms with van der Waals surface area (Å²) in [5, 5.41) is 3.00. The summed E-state index contributed by atoms with van der Waals surface area (Å²) in [5.41, 5.74) is 16.9. The van der Waals surface area contributed by atoms with Gasteiger partial charge in [0.25, 0.3) is 0 Å². The molecule has 5 rings (SSSR count). The van der Waals surface area contributed by atoms with Crippen LogP contribution in [0.25, 0.3) is 0 Å². The van der Waals surface area contributed by atoms with E-state index in [2.05, 4.69) is 10.3 Å². The van der Waals surface area contributed by atoms with Crippen LogP contribution in [-0.2, 0) is 33.9 Å². The molecule has 4 aromatic carbocycles. The second-order valence-corrected chi connectivity index (χ2v) is 11.4. The lowest BCUT2D eigenvalue weighted by Crippen LogP contribution is -2.51. The number of aliphatic imine (C=N–C) groups is 1. The molecule has 0 unspecified atom stereocenters. The van der Waals surface area contributed by atoms with Gasteiger partial charge in [-0.1, -0.05) is 115 Å². The van der Waals surface area contributed by atoms with E-state index in [4.69, 9.17) is 16.2 Å². The number of hydrogen-bond donors (Lipinski definition) is 3. The van der Waals surface area contributed by atoms with Crippen molar-refractivity contribution in [2.75, 3.05) is 6.54 Å². The highest BCUT2D eigenvalue weighted by molar-refractivity contribution is 6.02. The number of benzene rings is 4. The number of nitrogens with zero attached hydrogens (tertiary/aromatic N) is 2. The molecule has 4 aromatic rings. The molecule has 3 amide bonds. The van der Waals surface area contributed by atoms with E-state index in [1.165, 1.54) is 0 Å². The first-order valence-corrected chi connectivity index (χ1v) is 15.4. The van der Waals surface area contributed by atoms with Crippen LogP contribution >= 0.6 is 0 Å². The van der Waals surface area contributed by atoms with Crippen molar-refractivity contribution in [1.82, 2.24) is 10.2 Å². The molecule has 1 aliphatic heterocycles. The average Bonchev–Trinajstić information content (AvgIpc) is 3.55. The predicted molar refractivity (Wildman–Crippen MR) is 178 cm³/mol. The highest BCUT2D eigenvalue weighted by Crippen LogP contribution is 2.32. The zero-order chi connectivity index (χ0) is 32.3. The zero-order valence-corrected chi connectivity index (χ0v) is 25.6. The van der Waals surface area contributed by atoms with Gasteiger partial charge in [-0.3, -0.25) is 9.59 Å². The fraction of sp³-hybridized carbons (Fsp3) is 0.243. The van der Waals surface area contributed by atoms with Crippen molar-refractivity contribution in [3.05, 3.63) is 143 Å². The van der Waals surface area contributed by atoms with Gasteiger partial charge in [-0.05, 0) is 41.5 Å². The summed E-state index contributed by atoms with van der Waals surface area (Å²) in [6.07, 6.45) is 0.912. The van der Waals surface area contributed by atoms with Crippen molar-refractivity contribution in [1.29, 1.82) is 0 Å². The van der Waals surface area contributed by atoms with Crippen LogP contribution in [-0.4, -0.2) is 47.3 Å². The van der Waals surface area contributed by atoms with Crippen LogP contribution in [0.5, 0.6) is 0 Å². The Balaban J connectivity index is 1.18. The third kappa shape index (κ3) is 8.67. The second kappa shape index (κ2) is 15.6. The van der Waals surface area contributed by atoms with E-state index in [0.29, 0.717) is 31.4 Å². The topological polar surface area (TPSA) is 140 Å². The molecule has 9 heteroatoms. The summed E-state index contributed by atoms with van der Waals surface area (Å²) in [5.74, 6) is -0.378. The Morgan fingerprint density at radius 3 is 2.09 bits per heavy atom. The Morgan fingerprint density at radius 1 is 0.826 bits per heavy atom. The number of likely N-dealkylation sites (tertiary alicyclic amines) is 1. The molecule has 0 radical (unpaired) electrons. The Kier molecular flexibility index (Phi) is 10.9. The van der Waals surface area contributed by atoms with Gasteiger partial charge in [-0.25, -0.2) is 4.79 Å². The van der Waals surface area contributed by atoms with E-state index in [1.807, 2.05) is 91.0 Å². The lowest BCUT2D eigenvalue weighted by molar-refractivity contribution is -0.139. The van der Waals surface area contributed by atoms with Crippen LogP contribution in [0.4, 0.5) is 4.79 Å². The molecule has 3 atom stereocenters. The number of nitrogens with one attached hydrogen (secondary N) is 1. The van der Waals surface area contributed by atoms with Gasteiger partial charge in [0.05, 0.1) is 6.04 Å². The highest BCUT2D eigenvalue weighted by Gasteiger charge is 2.41. The molecule has 0 spiro atoms. The highest BCUT2D eigenvalue weighted by atomic mass is 16.5. The number of amides is 3. The summed E-state index contributed by atoms with van der Waals surface area (Å²) in [7, 11) is 0. The monoisotopic (exact) mass is 617 g/mol. The summed E-state index contributed by atoms with van der Waals surface area (Å²) in [6, 6.07) is 34.9. The van der Waals surface area contributed by atoms with Crippen molar-refractivity contribution in [3.8, 4) is 0 Å². The largest absolute Gasteiger partial charge is 0.443 e. The Morgan fingerprint density at radius 2 is 1.43 bits per heavy atom. The molecule has 0 aromatic heterocycles. The fourth-order valence-corrected chi connectivity index (χ4v) is 5.61. The van der Waals surface area contributed by atoms with Crippen LogP contribution in [0.1, 0.15) is 46.6 Å². The normalized spacial score (nSPS) is 16.9. The number of carbonyl (C=O) groups is 3. The number of ether oxygens (including phenoxy) is 1. The van der Waals surface area contributed by atoms with Crippen LogP contribution in [0.2, 0.25) is 0 Å². The molecule has 0 bridgehead atoms.